The molecule has 0 N–H and O–H groups in total. The van der Waals surface area contributed by atoms with Crippen molar-refractivity contribution in [1.82, 2.24) is 0 Å². The van der Waals surface area contributed by atoms with Crippen LogP contribution in [0.1, 0.15) is 53.4 Å². The smallest absolute Gasteiger partial charge is 0.338 e. The Balaban J connectivity index is 1.57. The Hall–Kier alpha value is -1.51. The molecule has 2 aliphatic heterocycles. The van der Waals surface area contributed by atoms with E-state index in [0.29, 0.717) is 29.6 Å². The second-order valence-electron chi connectivity index (χ2n) is 11.6. The third kappa shape index (κ3) is 1.29. The largest absolute Gasteiger partial charge is 0.495 e. The number of carbonyl (C=O) groups excluding carboxylic acids is 1. The molecule has 0 aromatic carbocycles. The summed E-state index contributed by atoms with van der Waals surface area (Å²) in [5.41, 5.74) is 3.11. The molecule has 4 saturated carbocycles. The first-order chi connectivity index (χ1) is 13.2. The number of esters is 1. The predicted molar refractivity (Wildman–Crippen MR) is 105 cm³/mol. The molecule has 0 bridgehead atoms. The van der Waals surface area contributed by atoms with Crippen LogP contribution in [0.3, 0.4) is 0 Å². The summed E-state index contributed by atoms with van der Waals surface area (Å²) < 4.78 is 12.8. The minimum Gasteiger partial charge on any atom is -0.495 e. The minimum absolute atomic E-state index is 0.105. The highest BCUT2D eigenvalue weighted by Crippen LogP contribution is 2.85. The predicted octanol–water partition coefficient (Wildman–Crippen LogP) is 4.80. The van der Waals surface area contributed by atoms with E-state index < -0.39 is 0 Å². The lowest BCUT2D eigenvalue weighted by atomic mass is 9.41. The van der Waals surface area contributed by atoms with Gasteiger partial charge in [0.05, 0.1) is 17.3 Å². The zero-order valence-corrected chi connectivity index (χ0v) is 17.4. The van der Waals surface area contributed by atoms with Gasteiger partial charge in [0, 0.05) is 17.8 Å². The van der Waals surface area contributed by atoms with Crippen molar-refractivity contribution in [2.45, 2.75) is 64.6 Å². The van der Waals surface area contributed by atoms with Gasteiger partial charge in [0.25, 0.3) is 0 Å². The van der Waals surface area contributed by atoms with Crippen molar-refractivity contribution in [3.8, 4) is 0 Å². The number of rotatable bonds is 0. The van der Waals surface area contributed by atoms with E-state index in [1.54, 1.807) is 6.26 Å². The molecule has 3 nitrogen and oxygen atoms in total. The molecule has 2 spiro atoms. The van der Waals surface area contributed by atoms with Crippen LogP contribution in [0.5, 0.6) is 0 Å². The maximum atomic E-state index is 13.3. The molecule has 1 unspecified atom stereocenters. The van der Waals surface area contributed by atoms with E-state index in [0.717, 1.165) is 30.8 Å². The normalized spacial score (nSPS) is 58.6. The molecule has 0 amide bonds. The van der Waals surface area contributed by atoms with Crippen molar-refractivity contribution >= 4 is 5.97 Å². The molecule has 7 aliphatic rings. The topological polar surface area (TPSA) is 35.5 Å². The van der Waals surface area contributed by atoms with Crippen molar-refractivity contribution in [3.63, 3.8) is 0 Å². The molecule has 0 aromatic rings. The van der Waals surface area contributed by atoms with Gasteiger partial charge >= 0.3 is 5.97 Å². The number of allylic oxidation sites excluding steroid dienone is 2. The minimum atomic E-state index is -0.372. The summed E-state index contributed by atoms with van der Waals surface area (Å²) in [6.07, 6.45) is 8.71. The number of hydrogen-bond donors (Lipinski definition) is 0. The molecule has 28 heavy (non-hydrogen) atoms. The molecule has 0 aromatic heterocycles. The van der Waals surface area contributed by atoms with E-state index in [9.17, 15) is 4.79 Å². The van der Waals surface area contributed by atoms with Gasteiger partial charge in [-0.15, -0.1) is 0 Å². The van der Waals surface area contributed by atoms with E-state index in [2.05, 4.69) is 40.3 Å². The van der Waals surface area contributed by atoms with Crippen molar-refractivity contribution in [2.24, 2.45) is 46.3 Å². The van der Waals surface area contributed by atoms with Gasteiger partial charge < -0.3 is 9.47 Å². The van der Waals surface area contributed by atoms with Crippen LogP contribution in [-0.4, -0.2) is 17.2 Å². The van der Waals surface area contributed by atoms with Crippen molar-refractivity contribution in [1.29, 1.82) is 0 Å². The van der Waals surface area contributed by atoms with Gasteiger partial charge in [-0.3, -0.25) is 0 Å². The summed E-state index contributed by atoms with van der Waals surface area (Å²) in [7, 11) is 0. The third-order valence-corrected chi connectivity index (χ3v) is 10.8. The first kappa shape index (κ1) is 16.3. The number of hydrogen-bond acceptors (Lipinski definition) is 3. The Morgan fingerprint density at radius 3 is 2.71 bits per heavy atom. The van der Waals surface area contributed by atoms with Gasteiger partial charge in [0.15, 0.2) is 0 Å². The van der Waals surface area contributed by atoms with Crippen LogP contribution in [0.25, 0.3) is 0 Å². The SMILES string of the molecule is C=C1[C@H]2C[C@H]2[C@@]2(C)[C@H]1CC13C4=COC(C)(C)[C@@H]1C[C@H]1C(C)=CC[C@@H]2[C@]13OC4=O. The summed E-state index contributed by atoms with van der Waals surface area (Å²) in [6, 6.07) is 0. The molecule has 148 valence electrons. The molecule has 5 fully saturated rings. The Labute approximate surface area is 167 Å². The lowest BCUT2D eigenvalue weighted by molar-refractivity contribution is -0.214. The van der Waals surface area contributed by atoms with E-state index in [-0.39, 0.29) is 28.0 Å². The fraction of sp³-hybridized carbons (Fsp3) is 0.720. The van der Waals surface area contributed by atoms with Gasteiger partial charge in [-0.1, -0.05) is 30.7 Å². The van der Waals surface area contributed by atoms with Gasteiger partial charge in [0.2, 0.25) is 0 Å². The Morgan fingerprint density at radius 1 is 1.14 bits per heavy atom. The van der Waals surface area contributed by atoms with Crippen molar-refractivity contribution < 1.29 is 14.3 Å². The van der Waals surface area contributed by atoms with Crippen LogP contribution >= 0.6 is 0 Å². The van der Waals surface area contributed by atoms with Gasteiger partial charge in [-0.05, 0) is 69.6 Å². The number of carbonyl (C=O) groups is 1. The molecular formula is C25H30O3. The maximum Gasteiger partial charge on any atom is 0.338 e. The quantitative estimate of drug-likeness (QED) is 0.449. The summed E-state index contributed by atoms with van der Waals surface area (Å²) in [4.78, 5) is 13.3. The summed E-state index contributed by atoms with van der Waals surface area (Å²) in [5.74, 6) is 2.90. The molecule has 1 saturated heterocycles. The van der Waals surface area contributed by atoms with Gasteiger partial charge in [0.1, 0.15) is 11.2 Å². The monoisotopic (exact) mass is 378 g/mol. The van der Waals surface area contributed by atoms with Gasteiger partial charge in [-0.2, -0.15) is 0 Å². The molecular weight excluding hydrogens is 348 g/mol. The van der Waals surface area contributed by atoms with Crippen LogP contribution in [0.4, 0.5) is 0 Å². The van der Waals surface area contributed by atoms with Crippen LogP contribution in [0.2, 0.25) is 0 Å². The Bertz CT molecular complexity index is 939. The fourth-order valence-electron chi connectivity index (χ4n) is 9.75. The van der Waals surface area contributed by atoms with Crippen LogP contribution in [-0.2, 0) is 14.3 Å². The maximum absolute atomic E-state index is 13.3. The lowest BCUT2D eigenvalue weighted by Crippen LogP contribution is -2.67. The van der Waals surface area contributed by atoms with E-state index >= 15 is 0 Å². The molecule has 9 atom stereocenters. The molecule has 3 heteroatoms. The highest BCUT2D eigenvalue weighted by Gasteiger charge is 2.86. The first-order valence-corrected chi connectivity index (χ1v) is 11.2. The Kier molecular flexibility index (Phi) is 2.43. The standard InChI is InChI=1S/C25H30O3/c1-12-6-7-19-23(5)16-8-14(16)13(2)17(23)10-24-18-11-27-22(3,4)20(24)9-15(12)25(19,24)28-21(18)26/h6,11,14-17,19-20H,2,7-10H2,1,3-5H3/t14-,15+,16-,17+,19+,20+,23+,24?,25-/m1/s1. The zero-order valence-electron chi connectivity index (χ0n) is 17.4. The highest BCUT2D eigenvalue weighted by molar-refractivity contribution is 5.94. The van der Waals surface area contributed by atoms with E-state index in [1.165, 1.54) is 17.6 Å². The average Bonchev–Trinajstić information content (AvgIpc) is 3.26. The molecule has 2 heterocycles. The number of ether oxygens (including phenoxy) is 2. The second kappa shape index (κ2) is 4.18. The van der Waals surface area contributed by atoms with E-state index in [4.69, 9.17) is 9.47 Å². The summed E-state index contributed by atoms with van der Waals surface area (Å²) in [5, 5.41) is 0. The third-order valence-electron chi connectivity index (χ3n) is 10.8. The van der Waals surface area contributed by atoms with Crippen LogP contribution in [0.15, 0.2) is 35.6 Å². The molecule has 0 radical (unpaired) electrons. The Morgan fingerprint density at radius 2 is 1.93 bits per heavy atom. The fourth-order valence-corrected chi connectivity index (χ4v) is 9.75. The summed E-state index contributed by atoms with van der Waals surface area (Å²) >= 11 is 0. The van der Waals surface area contributed by atoms with E-state index in [1.807, 2.05) is 0 Å². The first-order valence-electron chi connectivity index (χ1n) is 11.2. The van der Waals surface area contributed by atoms with Gasteiger partial charge in [-0.25, -0.2) is 4.79 Å². The second-order valence-corrected chi connectivity index (χ2v) is 11.6. The van der Waals surface area contributed by atoms with Crippen LogP contribution in [0, 0.1) is 46.3 Å². The summed E-state index contributed by atoms with van der Waals surface area (Å²) in [6.45, 7) is 13.8. The molecule has 5 aliphatic carbocycles. The lowest BCUT2D eigenvalue weighted by Gasteiger charge is -2.63. The molecule has 7 rings (SSSR count). The highest BCUT2D eigenvalue weighted by atomic mass is 16.6. The van der Waals surface area contributed by atoms with Crippen molar-refractivity contribution in [3.05, 3.63) is 35.6 Å². The average molecular weight is 379 g/mol. The van der Waals surface area contributed by atoms with Crippen LogP contribution < -0.4 is 0 Å². The zero-order chi connectivity index (χ0) is 19.4. The number of fused-ring (bicyclic) bond motifs is 4. The van der Waals surface area contributed by atoms with Crippen molar-refractivity contribution in [2.75, 3.05) is 0 Å².